The molecule has 0 bridgehead atoms. The maximum atomic E-state index is 12.3. The Labute approximate surface area is 106 Å². The van der Waals surface area contributed by atoms with E-state index in [4.69, 9.17) is 0 Å². The van der Waals surface area contributed by atoms with Crippen LogP contribution in [0.3, 0.4) is 0 Å². The van der Waals surface area contributed by atoms with E-state index in [0.29, 0.717) is 11.3 Å². The molecule has 1 aromatic heterocycles. The van der Waals surface area contributed by atoms with E-state index in [1.54, 1.807) is 0 Å². The molecule has 1 rings (SSSR count). The van der Waals surface area contributed by atoms with Crippen LogP contribution in [0.5, 0.6) is 0 Å². The Kier molecular flexibility index (Phi) is 4.38. The number of carbonyl (C=O) groups excluding carboxylic acids is 1. The van der Waals surface area contributed by atoms with Crippen molar-refractivity contribution in [3.05, 3.63) is 21.9 Å². The zero-order chi connectivity index (χ0) is 14.0. The number of thiophene rings is 1. The standard InChI is InChI=1S/C9H10F3NO3S2/c1-13-8(14)5-18(15,16)4-6-2-7(17-3-6)9(10,11)12/h2-3H,4-5H2,1H3,(H,13,14). The predicted octanol–water partition coefficient (Wildman–Crippen LogP) is 1.43. The van der Waals surface area contributed by atoms with E-state index in [1.165, 1.54) is 7.05 Å². The number of hydrogen-bond acceptors (Lipinski definition) is 4. The molecule has 1 N–H and O–H groups in total. The van der Waals surface area contributed by atoms with Crippen molar-refractivity contribution in [3.8, 4) is 0 Å². The molecule has 0 atom stereocenters. The zero-order valence-electron chi connectivity index (χ0n) is 9.24. The van der Waals surface area contributed by atoms with E-state index in [1.807, 2.05) is 0 Å². The van der Waals surface area contributed by atoms with Crippen molar-refractivity contribution in [1.82, 2.24) is 5.32 Å². The molecular formula is C9H10F3NO3S2. The highest BCUT2D eigenvalue weighted by molar-refractivity contribution is 7.91. The van der Waals surface area contributed by atoms with Gasteiger partial charge in [0.2, 0.25) is 5.91 Å². The van der Waals surface area contributed by atoms with Crippen molar-refractivity contribution < 1.29 is 26.4 Å². The summed E-state index contributed by atoms with van der Waals surface area (Å²) in [6.45, 7) is 0. The Hall–Kier alpha value is -1.09. The van der Waals surface area contributed by atoms with Crippen molar-refractivity contribution in [2.24, 2.45) is 0 Å². The minimum atomic E-state index is -4.48. The van der Waals surface area contributed by atoms with Gasteiger partial charge in [0.15, 0.2) is 9.84 Å². The first-order valence-electron chi connectivity index (χ1n) is 4.69. The highest BCUT2D eigenvalue weighted by atomic mass is 32.2. The van der Waals surface area contributed by atoms with Crippen LogP contribution in [0.1, 0.15) is 10.4 Å². The third-order valence-electron chi connectivity index (χ3n) is 1.95. The van der Waals surface area contributed by atoms with Gasteiger partial charge in [-0.2, -0.15) is 13.2 Å². The van der Waals surface area contributed by atoms with Gasteiger partial charge in [-0.05, 0) is 17.0 Å². The summed E-state index contributed by atoms with van der Waals surface area (Å²) in [6, 6.07) is 0.784. The summed E-state index contributed by atoms with van der Waals surface area (Å²) in [6.07, 6.45) is -4.48. The van der Waals surface area contributed by atoms with Gasteiger partial charge in [0.05, 0.1) is 5.75 Å². The molecule has 1 heterocycles. The van der Waals surface area contributed by atoms with Crippen LogP contribution < -0.4 is 5.32 Å². The average molecular weight is 301 g/mol. The molecule has 0 aromatic carbocycles. The van der Waals surface area contributed by atoms with Crippen molar-refractivity contribution >= 4 is 27.1 Å². The van der Waals surface area contributed by atoms with E-state index in [-0.39, 0.29) is 5.56 Å². The maximum absolute atomic E-state index is 12.3. The van der Waals surface area contributed by atoms with E-state index in [9.17, 15) is 26.4 Å². The summed E-state index contributed by atoms with van der Waals surface area (Å²) in [5.74, 6) is -2.01. The molecule has 0 radical (unpaired) electrons. The van der Waals surface area contributed by atoms with E-state index < -0.39 is 38.3 Å². The number of halogens is 3. The molecule has 0 fully saturated rings. The largest absolute Gasteiger partial charge is 0.425 e. The summed E-state index contributed by atoms with van der Waals surface area (Å²) in [5.41, 5.74) is 0.0382. The molecule has 0 spiro atoms. The van der Waals surface area contributed by atoms with Gasteiger partial charge in [-0.3, -0.25) is 4.79 Å². The quantitative estimate of drug-likeness (QED) is 0.915. The molecule has 0 unspecified atom stereocenters. The SMILES string of the molecule is CNC(=O)CS(=O)(=O)Cc1csc(C(F)(F)F)c1. The fraction of sp³-hybridized carbons (Fsp3) is 0.444. The van der Waals surface area contributed by atoms with Crippen molar-refractivity contribution in [2.45, 2.75) is 11.9 Å². The summed E-state index contributed by atoms with van der Waals surface area (Å²) in [4.78, 5) is 10.1. The predicted molar refractivity (Wildman–Crippen MR) is 60.9 cm³/mol. The maximum Gasteiger partial charge on any atom is 0.425 e. The molecule has 0 saturated carbocycles. The molecule has 1 aromatic rings. The molecule has 9 heteroatoms. The number of hydrogen-bond donors (Lipinski definition) is 1. The van der Waals surface area contributed by atoms with Crippen LogP contribution in [0, 0.1) is 0 Å². The first-order chi connectivity index (χ1) is 8.14. The summed E-state index contributed by atoms with van der Waals surface area (Å²) in [7, 11) is -2.47. The van der Waals surface area contributed by atoms with Gasteiger partial charge in [-0.1, -0.05) is 0 Å². The van der Waals surface area contributed by atoms with Crippen molar-refractivity contribution in [3.63, 3.8) is 0 Å². The second kappa shape index (κ2) is 5.27. The monoisotopic (exact) mass is 301 g/mol. The Morgan fingerprint density at radius 1 is 1.44 bits per heavy atom. The first-order valence-corrected chi connectivity index (χ1v) is 7.40. The number of amides is 1. The van der Waals surface area contributed by atoms with Crippen LogP contribution in [-0.4, -0.2) is 27.1 Å². The molecular weight excluding hydrogens is 291 g/mol. The fourth-order valence-corrected chi connectivity index (χ4v) is 3.39. The third kappa shape index (κ3) is 4.30. The van der Waals surface area contributed by atoms with Gasteiger partial charge >= 0.3 is 6.18 Å². The van der Waals surface area contributed by atoms with Crippen LogP contribution >= 0.6 is 11.3 Å². The molecule has 18 heavy (non-hydrogen) atoms. The van der Waals surface area contributed by atoms with Gasteiger partial charge in [-0.25, -0.2) is 8.42 Å². The van der Waals surface area contributed by atoms with E-state index in [0.717, 1.165) is 11.4 Å². The number of carbonyl (C=O) groups is 1. The lowest BCUT2D eigenvalue weighted by atomic mass is 10.3. The van der Waals surface area contributed by atoms with Crippen molar-refractivity contribution in [2.75, 3.05) is 12.8 Å². The van der Waals surface area contributed by atoms with E-state index >= 15 is 0 Å². The van der Waals surface area contributed by atoms with Gasteiger partial charge < -0.3 is 5.32 Å². The topological polar surface area (TPSA) is 63.2 Å². The van der Waals surface area contributed by atoms with Gasteiger partial charge in [0.25, 0.3) is 0 Å². The molecule has 4 nitrogen and oxygen atoms in total. The van der Waals surface area contributed by atoms with Gasteiger partial charge in [0, 0.05) is 7.05 Å². The normalized spacial score (nSPS) is 12.4. The van der Waals surface area contributed by atoms with Crippen molar-refractivity contribution in [1.29, 1.82) is 0 Å². The summed E-state index contributed by atoms with van der Waals surface area (Å²) >= 11 is 0.432. The fourth-order valence-electron chi connectivity index (χ4n) is 1.18. The number of alkyl halides is 3. The Bertz CT molecular complexity index is 533. The lowest BCUT2D eigenvalue weighted by Crippen LogP contribution is -2.27. The molecule has 1 amide bonds. The summed E-state index contributed by atoms with van der Waals surface area (Å²) < 4.78 is 59.9. The number of rotatable bonds is 4. The second-order valence-corrected chi connectivity index (χ2v) is 6.50. The molecule has 0 saturated heterocycles. The average Bonchev–Trinajstić information content (AvgIpc) is 2.63. The van der Waals surface area contributed by atoms with Crippen LogP contribution in [0.4, 0.5) is 13.2 Å². The Morgan fingerprint density at radius 3 is 2.50 bits per heavy atom. The van der Waals surface area contributed by atoms with Gasteiger partial charge in [-0.15, -0.1) is 11.3 Å². The van der Waals surface area contributed by atoms with Crippen LogP contribution in [0.25, 0.3) is 0 Å². The van der Waals surface area contributed by atoms with Crippen LogP contribution in [0.15, 0.2) is 11.4 Å². The molecule has 0 aliphatic rings. The molecule has 0 aliphatic heterocycles. The Balaban J connectivity index is 2.79. The van der Waals surface area contributed by atoms with E-state index in [2.05, 4.69) is 5.32 Å². The molecule has 0 aliphatic carbocycles. The highest BCUT2D eigenvalue weighted by Gasteiger charge is 2.32. The molecule has 102 valence electrons. The number of sulfone groups is 1. The Morgan fingerprint density at radius 2 is 2.06 bits per heavy atom. The first kappa shape index (κ1) is 15.0. The van der Waals surface area contributed by atoms with Gasteiger partial charge in [0.1, 0.15) is 10.6 Å². The zero-order valence-corrected chi connectivity index (χ0v) is 10.9. The minimum Gasteiger partial charge on any atom is -0.358 e. The lowest BCUT2D eigenvalue weighted by molar-refractivity contribution is -0.134. The second-order valence-electron chi connectivity index (χ2n) is 3.52. The van der Waals surface area contributed by atoms with Crippen LogP contribution in [-0.2, 0) is 26.6 Å². The van der Waals surface area contributed by atoms with Crippen LogP contribution in [0.2, 0.25) is 0 Å². The minimum absolute atomic E-state index is 0.0382. The smallest absolute Gasteiger partial charge is 0.358 e. The lowest BCUT2D eigenvalue weighted by Gasteiger charge is -2.02. The number of nitrogens with one attached hydrogen (secondary N) is 1. The summed E-state index contributed by atoms with van der Waals surface area (Å²) in [5, 5.41) is 3.27. The third-order valence-corrected chi connectivity index (χ3v) is 4.45. The highest BCUT2D eigenvalue weighted by Crippen LogP contribution is 2.34.